The van der Waals surface area contributed by atoms with Gasteiger partial charge in [-0.1, -0.05) is 55.0 Å². The molecule has 2 rings (SSSR count). The molecule has 2 aromatic rings. The fraction of sp³-hybridized carbons (Fsp3) is 0.222. The Balaban J connectivity index is 2.22. The van der Waals surface area contributed by atoms with Crippen LogP contribution in [0.5, 0.6) is 0 Å². The molecule has 0 bridgehead atoms. The number of hydrogen-bond donors (Lipinski definition) is 1. The van der Waals surface area contributed by atoms with Gasteiger partial charge >= 0.3 is 0 Å². The van der Waals surface area contributed by atoms with Crippen molar-refractivity contribution in [3.63, 3.8) is 0 Å². The molecule has 0 spiro atoms. The molecular formula is C18H19NO2. The third kappa shape index (κ3) is 3.37. The van der Waals surface area contributed by atoms with Gasteiger partial charge in [0.05, 0.1) is 0 Å². The Morgan fingerprint density at radius 3 is 2.29 bits per heavy atom. The fourth-order valence-corrected chi connectivity index (χ4v) is 2.21. The molecule has 0 heterocycles. The van der Waals surface area contributed by atoms with E-state index < -0.39 is 11.7 Å². The highest BCUT2D eigenvalue weighted by Crippen LogP contribution is 2.21. The largest absolute Gasteiger partial charge is 0.319 e. The van der Waals surface area contributed by atoms with Crippen molar-refractivity contribution in [3.05, 3.63) is 64.7 Å². The molecule has 0 aromatic heterocycles. The van der Waals surface area contributed by atoms with Gasteiger partial charge in [-0.25, -0.2) is 0 Å². The van der Waals surface area contributed by atoms with Crippen LogP contribution >= 0.6 is 0 Å². The Labute approximate surface area is 125 Å². The summed E-state index contributed by atoms with van der Waals surface area (Å²) in [6.07, 6.45) is 0.802. The Kier molecular flexibility index (Phi) is 4.53. The van der Waals surface area contributed by atoms with Gasteiger partial charge in [-0.2, -0.15) is 0 Å². The third-order valence-electron chi connectivity index (χ3n) is 3.50. The van der Waals surface area contributed by atoms with Crippen molar-refractivity contribution in [2.45, 2.75) is 27.2 Å². The molecule has 0 aliphatic rings. The second-order valence-electron chi connectivity index (χ2n) is 5.11. The molecule has 0 radical (unpaired) electrons. The molecule has 0 fully saturated rings. The van der Waals surface area contributed by atoms with Gasteiger partial charge in [0.1, 0.15) is 0 Å². The maximum atomic E-state index is 12.2. The van der Waals surface area contributed by atoms with Crippen LogP contribution in [0, 0.1) is 13.8 Å². The van der Waals surface area contributed by atoms with E-state index >= 15 is 0 Å². The Bertz CT molecular complexity index is 672. The zero-order valence-electron chi connectivity index (χ0n) is 12.6. The van der Waals surface area contributed by atoms with E-state index in [-0.39, 0.29) is 0 Å². The number of hydrogen-bond acceptors (Lipinski definition) is 2. The SMILES string of the molecule is CCc1cccc(C)c1NC(=O)C(=O)c1ccc(C)cc1. The summed E-state index contributed by atoms with van der Waals surface area (Å²) in [6, 6.07) is 12.8. The quantitative estimate of drug-likeness (QED) is 0.686. The highest BCUT2D eigenvalue weighted by Gasteiger charge is 2.18. The summed E-state index contributed by atoms with van der Waals surface area (Å²) in [5, 5.41) is 2.75. The standard InChI is InChI=1S/C18H19NO2/c1-4-14-7-5-6-13(3)16(14)19-18(21)17(20)15-10-8-12(2)9-11-15/h5-11H,4H2,1-3H3,(H,19,21). The molecule has 0 unspecified atom stereocenters. The minimum atomic E-state index is -0.595. The van der Waals surface area contributed by atoms with Crippen molar-refractivity contribution >= 4 is 17.4 Å². The number of Topliss-reactive ketones (excluding diaryl/α,β-unsaturated/α-hetero) is 1. The van der Waals surface area contributed by atoms with Crippen LogP contribution in [0.25, 0.3) is 0 Å². The van der Waals surface area contributed by atoms with E-state index in [0.717, 1.165) is 28.8 Å². The highest BCUT2D eigenvalue weighted by molar-refractivity contribution is 6.46. The summed E-state index contributed by atoms with van der Waals surface area (Å²) >= 11 is 0. The molecular weight excluding hydrogens is 262 g/mol. The van der Waals surface area contributed by atoms with E-state index in [0.29, 0.717) is 5.56 Å². The van der Waals surface area contributed by atoms with Gasteiger partial charge < -0.3 is 5.32 Å². The molecule has 2 aromatic carbocycles. The summed E-state index contributed by atoms with van der Waals surface area (Å²) in [7, 11) is 0. The van der Waals surface area contributed by atoms with Gasteiger partial charge in [0.2, 0.25) is 0 Å². The molecule has 0 saturated heterocycles. The normalized spacial score (nSPS) is 10.2. The van der Waals surface area contributed by atoms with Crippen molar-refractivity contribution in [1.29, 1.82) is 0 Å². The summed E-state index contributed by atoms with van der Waals surface area (Å²) in [6.45, 7) is 5.88. The van der Waals surface area contributed by atoms with Crippen molar-refractivity contribution < 1.29 is 9.59 Å². The number of aryl methyl sites for hydroxylation is 3. The first-order valence-corrected chi connectivity index (χ1v) is 7.03. The summed E-state index contributed by atoms with van der Waals surface area (Å²) in [5.41, 5.74) is 4.19. The molecule has 3 nitrogen and oxygen atoms in total. The number of carbonyl (C=O) groups is 2. The van der Waals surface area contributed by atoms with Crippen LogP contribution in [-0.4, -0.2) is 11.7 Å². The van der Waals surface area contributed by atoms with Gasteiger partial charge in [-0.15, -0.1) is 0 Å². The molecule has 0 aliphatic heterocycles. The molecule has 21 heavy (non-hydrogen) atoms. The number of nitrogens with one attached hydrogen (secondary N) is 1. The van der Waals surface area contributed by atoms with E-state index in [1.807, 2.05) is 51.1 Å². The second kappa shape index (κ2) is 6.35. The first-order chi connectivity index (χ1) is 10.0. The summed E-state index contributed by atoms with van der Waals surface area (Å²) < 4.78 is 0. The average molecular weight is 281 g/mol. The zero-order valence-corrected chi connectivity index (χ0v) is 12.6. The third-order valence-corrected chi connectivity index (χ3v) is 3.50. The molecule has 0 atom stereocenters. The average Bonchev–Trinajstić information content (AvgIpc) is 2.49. The molecule has 3 heteroatoms. The Hall–Kier alpha value is -2.42. The molecule has 108 valence electrons. The minimum absolute atomic E-state index is 0.407. The van der Waals surface area contributed by atoms with Crippen LogP contribution in [0.2, 0.25) is 0 Å². The summed E-state index contributed by atoms with van der Waals surface area (Å²) in [4.78, 5) is 24.3. The lowest BCUT2D eigenvalue weighted by Crippen LogP contribution is -2.24. The molecule has 0 aliphatic carbocycles. The first kappa shape index (κ1) is 15.0. The maximum absolute atomic E-state index is 12.2. The van der Waals surface area contributed by atoms with Crippen LogP contribution in [0.15, 0.2) is 42.5 Å². The Morgan fingerprint density at radius 1 is 1.00 bits per heavy atom. The lowest BCUT2D eigenvalue weighted by atomic mass is 10.0. The van der Waals surface area contributed by atoms with Crippen LogP contribution in [0.3, 0.4) is 0 Å². The van der Waals surface area contributed by atoms with Crippen molar-refractivity contribution in [2.75, 3.05) is 5.32 Å². The van der Waals surface area contributed by atoms with E-state index in [1.54, 1.807) is 12.1 Å². The summed E-state index contributed by atoms with van der Waals surface area (Å²) in [5.74, 6) is -1.11. The van der Waals surface area contributed by atoms with E-state index in [9.17, 15) is 9.59 Å². The predicted molar refractivity (Wildman–Crippen MR) is 84.7 cm³/mol. The highest BCUT2D eigenvalue weighted by atomic mass is 16.2. The lowest BCUT2D eigenvalue weighted by molar-refractivity contribution is -0.112. The van der Waals surface area contributed by atoms with E-state index in [2.05, 4.69) is 5.32 Å². The molecule has 1 N–H and O–H groups in total. The monoisotopic (exact) mass is 281 g/mol. The van der Waals surface area contributed by atoms with Crippen LogP contribution in [-0.2, 0) is 11.2 Å². The number of amides is 1. The molecule has 1 amide bonds. The van der Waals surface area contributed by atoms with Crippen molar-refractivity contribution in [2.24, 2.45) is 0 Å². The molecule has 0 saturated carbocycles. The lowest BCUT2D eigenvalue weighted by Gasteiger charge is -2.12. The van der Waals surface area contributed by atoms with Crippen LogP contribution in [0.1, 0.15) is 34.0 Å². The second-order valence-corrected chi connectivity index (χ2v) is 5.11. The van der Waals surface area contributed by atoms with Crippen molar-refractivity contribution in [3.8, 4) is 0 Å². The smallest absolute Gasteiger partial charge is 0.296 e. The van der Waals surface area contributed by atoms with Gasteiger partial charge in [-0.3, -0.25) is 9.59 Å². The number of ketones is 1. The number of benzene rings is 2. The number of para-hydroxylation sites is 1. The Morgan fingerprint density at radius 2 is 1.67 bits per heavy atom. The predicted octanol–water partition coefficient (Wildman–Crippen LogP) is 3.69. The minimum Gasteiger partial charge on any atom is -0.319 e. The van der Waals surface area contributed by atoms with Gasteiger partial charge in [-0.05, 0) is 31.4 Å². The van der Waals surface area contributed by atoms with Crippen LogP contribution in [0.4, 0.5) is 5.69 Å². The number of carbonyl (C=O) groups excluding carboxylic acids is 2. The first-order valence-electron chi connectivity index (χ1n) is 7.03. The number of rotatable bonds is 4. The fourth-order valence-electron chi connectivity index (χ4n) is 2.21. The topological polar surface area (TPSA) is 46.2 Å². The van der Waals surface area contributed by atoms with Crippen LogP contribution < -0.4 is 5.32 Å². The maximum Gasteiger partial charge on any atom is 0.296 e. The van der Waals surface area contributed by atoms with Crippen molar-refractivity contribution in [1.82, 2.24) is 0 Å². The zero-order chi connectivity index (χ0) is 15.4. The van der Waals surface area contributed by atoms with Gasteiger partial charge in [0.25, 0.3) is 11.7 Å². The van der Waals surface area contributed by atoms with Gasteiger partial charge in [0.15, 0.2) is 0 Å². The van der Waals surface area contributed by atoms with E-state index in [4.69, 9.17) is 0 Å². The van der Waals surface area contributed by atoms with Gasteiger partial charge in [0, 0.05) is 11.3 Å². The number of anilines is 1. The van der Waals surface area contributed by atoms with E-state index in [1.165, 1.54) is 0 Å².